The van der Waals surface area contributed by atoms with Gasteiger partial charge in [-0.1, -0.05) is 0 Å². The van der Waals surface area contributed by atoms with Gasteiger partial charge < -0.3 is 14.2 Å². The van der Waals surface area contributed by atoms with Crippen LogP contribution in [-0.2, 0) is 9.53 Å². The summed E-state index contributed by atoms with van der Waals surface area (Å²) < 4.78 is 19.7. The molecule has 0 bridgehead atoms. The Morgan fingerprint density at radius 1 is 1.20 bits per heavy atom. The number of carbonyl (C=O) groups excluding carboxylic acids is 2. The summed E-state index contributed by atoms with van der Waals surface area (Å²) in [5.74, 6) is -0.686. The Morgan fingerprint density at radius 2 is 1.84 bits per heavy atom. The summed E-state index contributed by atoms with van der Waals surface area (Å²) in [6.07, 6.45) is 0.828. The van der Waals surface area contributed by atoms with Crippen LogP contribution in [0.3, 0.4) is 0 Å². The Hall–Kier alpha value is -2.63. The zero-order chi connectivity index (χ0) is 18.6. The van der Waals surface area contributed by atoms with E-state index in [0.717, 1.165) is 17.1 Å². The van der Waals surface area contributed by atoms with Crippen LogP contribution in [0.25, 0.3) is 5.69 Å². The minimum absolute atomic E-state index is 0.105. The number of hydrogen-bond acceptors (Lipinski definition) is 3. The average Bonchev–Trinajstić information content (AvgIpc) is 2.89. The van der Waals surface area contributed by atoms with Crippen LogP contribution >= 0.6 is 0 Å². The third-order valence-electron chi connectivity index (χ3n) is 4.20. The van der Waals surface area contributed by atoms with Gasteiger partial charge in [-0.2, -0.15) is 0 Å². The molecule has 0 saturated heterocycles. The summed E-state index contributed by atoms with van der Waals surface area (Å²) in [6.45, 7) is 4.24. The summed E-state index contributed by atoms with van der Waals surface area (Å²) in [5.41, 5.74) is 3.11. The van der Waals surface area contributed by atoms with E-state index in [1.807, 2.05) is 24.5 Å². The summed E-state index contributed by atoms with van der Waals surface area (Å²) in [4.78, 5) is 25.5. The highest BCUT2D eigenvalue weighted by atomic mass is 19.1. The molecule has 0 aliphatic rings. The molecule has 134 valence electrons. The second-order valence-corrected chi connectivity index (χ2v) is 6.00. The normalized spacial score (nSPS) is 10.6. The van der Waals surface area contributed by atoms with Gasteiger partial charge in [-0.3, -0.25) is 9.59 Å². The van der Waals surface area contributed by atoms with Crippen molar-refractivity contribution < 1.29 is 18.7 Å². The third-order valence-corrected chi connectivity index (χ3v) is 4.20. The number of aromatic nitrogens is 1. The quantitative estimate of drug-likeness (QED) is 0.755. The van der Waals surface area contributed by atoms with Gasteiger partial charge >= 0.3 is 5.97 Å². The van der Waals surface area contributed by atoms with E-state index in [0.29, 0.717) is 18.5 Å². The minimum Gasteiger partial charge on any atom is -0.469 e. The molecule has 0 atom stereocenters. The number of rotatable bonds is 6. The van der Waals surface area contributed by atoms with E-state index in [2.05, 4.69) is 4.74 Å². The molecule has 1 amide bonds. The number of esters is 1. The molecule has 25 heavy (non-hydrogen) atoms. The van der Waals surface area contributed by atoms with Crippen molar-refractivity contribution in [1.29, 1.82) is 0 Å². The monoisotopic (exact) mass is 346 g/mol. The van der Waals surface area contributed by atoms with E-state index in [1.54, 1.807) is 24.1 Å². The van der Waals surface area contributed by atoms with Crippen molar-refractivity contribution >= 4 is 11.9 Å². The van der Waals surface area contributed by atoms with Crippen molar-refractivity contribution in [2.75, 3.05) is 20.7 Å². The van der Waals surface area contributed by atoms with Crippen molar-refractivity contribution in [3.8, 4) is 5.69 Å². The van der Waals surface area contributed by atoms with E-state index in [4.69, 9.17) is 0 Å². The molecule has 5 nitrogen and oxygen atoms in total. The largest absolute Gasteiger partial charge is 0.469 e. The number of nitrogens with zero attached hydrogens (tertiary/aromatic N) is 2. The Balaban J connectivity index is 2.17. The third kappa shape index (κ3) is 4.26. The van der Waals surface area contributed by atoms with E-state index < -0.39 is 0 Å². The number of amides is 1. The van der Waals surface area contributed by atoms with Gasteiger partial charge in [0, 0.05) is 37.1 Å². The first-order valence-electron chi connectivity index (χ1n) is 8.12. The second kappa shape index (κ2) is 7.96. The maximum atomic E-state index is 13.1. The highest BCUT2D eigenvalue weighted by Gasteiger charge is 2.19. The van der Waals surface area contributed by atoms with E-state index in [9.17, 15) is 14.0 Å². The molecule has 1 aromatic heterocycles. The van der Waals surface area contributed by atoms with Crippen LogP contribution in [0.4, 0.5) is 4.39 Å². The second-order valence-electron chi connectivity index (χ2n) is 6.00. The Morgan fingerprint density at radius 3 is 2.44 bits per heavy atom. The van der Waals surface area contributed by atoms with Crippen LogP contribution in [-0.4, -0.2) is 42.0 Å². The molecule has 0 radical (unpaired) electrons. The van der Waals surface area contributed by atoms with E-state index >= 15 is 0 Å². The fourth-order valence-corrected chi connectivity index (χ4v) is 2.84. The molecular formula is C19H23FN2O3. The summed E-state index contributed by atoms with van der Waals surface area (Å²) >= 11 is 0. The van der Waals surface area contributed by atoms with Gasteiger partial charge in [-0.15, -0.1) is 0 Å². The predicted molar refractivity (Wildman–Crippen MR) is 93.4 cm³/mol. The number of ether oxygens (including phenoxy) is 1. The minimum atomic E-state index is -0.298. The fraction of sp³-hybridized carbons (Fsp3) is 0.368. The molecule has 0 aliphatic carbocycles. The van der Waals surface area contributed by atoms with Crippen LogP contribution in [0, 0.1) is 19.7 Å². The molecular weight excluding hydrogens is 323 g/mol. The van der Waals surface area contributed by atoms with Gasteiger partial charge in [0.15, 0.2) is 0 Å². The van der Waals surface area contributed by atoms with Crippen LogP contribution in [0.2, 0.25) is 0 Å². The number of hydrogen-bond donors (Lipinski definition) is 0. The van der Waals surface area contributed by atoms with Crippen LogP contribution in [0.15, 0.2) is 30.3 Å². The number of halogens is 1. The Labute approximate surface area is 147 Å². The lowest BCUT2D eigenvalue weighted by Gasteiger charge is -2.17. The number of carbonyl (C=O) groups is 2. The number of aryl methyl sites for hydroxylation is 1. The SMILES string of the molecule is COC(=O)CCCN(C)C(=O)c1cc(C)n(-c2ccc(F)cc2)c1C. The zero-order valence-electron chi connectivity index (χ0n) is 15.0. The van der Waals surface area contributed by atoms with Gasteiger partial charge in [-0.05, 0) is 50.6 Å². The van der Waals surface area contributed by atoms with Gasteiger partial charge in [-0.25, -0.2) is 4.39 Å². The van der Waals surface area contributed by atoms with E-state index in [1.165, 1.54) is 19.2 Å². The highest BCUT2D eigenvalue weighted by molar-refractivity contribution is 5.95. The van der Waals surface area contributed by atoms with Crippen LogP contribution in [0.1, 0.15) is 34.6 Å². The van der Waals surface area contributed by atoms with Gasteiger partial charge in [0.2, 0.25) is 0 Å². The van der Waals surface area contributed by atoms with Gasteiger partial charge in [0.05, 0.1) is 12.7 Å². The summed E-state index contributed by atoms with van der Waals surface area (Å²) in [6, 6.07) is 7.99. The summed E-state index contributed by atoms with van der Waals surface area (Å²) in [7, 11) is 3.06. The lowest BCUT2D eigenvalue weighted by Crippen LogP contribution is -2.28. The molecule has 0 aliphatic heterocycles. The van der Waals surface area contributed by atoms with Crippen molar-refractivity contribution in [3.63, 3.8) is 0 Å². The first-order valence-corrected chi connectivity index (χ1v) is 8.12. The molecule has 0 unspecified atom stereocenters. The van der Waals surface area contributed by atoms with Crippen LogP contribution < -0.4 is 0 Å². The zero-order valence-corrected chi connectivity index (χ0v) is 15.0. The molecule has 2 aromatic rings. The smallest absolute Gasteiger partial charge is 0.305 e. The maximum Gasteiger partial charge on any atom is 0.305 e. The molecule has 1 heterocycles. The molecule has 1 aromatic carbocycles. The van der Waals surface area contributed by atoms with Crippen molar-refractivity contribution in [1.82, 2.24) is 9.47 Å². The lowest BCUT2D eigenvalue weighted by molar-refractivity contribution is -0.140. The van der Waals surface area contributed by atoms with Gasteiger partial charge in [0.25, 0.3) is 5.91 Å². The van der Waals surface area contributed by atoms with Gasteiger partial charge in [0.1, 0.15) is 5.82 Å². The lowest BCUT2D eigenvalue weighted by atomic mass is 10.2. The van der Waals surface area contributed by atoms with Crippen molar-refractivity contribution in [3.05, 3.63) is 53.1 Å². The van der Waals surface area contributed by atoms with Crippen molar-refractivity contribution in [2.45, 2.75) is 26.7 Å². The molecule has 0 fully saturated rings. The number of methoxy groups -OCH3 is 1. The maximum absolute atomic E-state index is 13.1. The Kier molecular flexibility index (Phi) is 5.96. The average molecular weight is 346 g/mol. The highest BCUT2D eigenvalue weighted by Crippen LogP contribution is 2.22. The topological polar surface area (TPSA) is 51.5 Å². The standard InChI is InChI=1S/C19H23FN2O3/c1-13-12-17(19(24)21(3)11-5-6-18(23)25-4)14(2)22(13)16-9-7-15(20)8-10-16/h7-10,12H,5-6,11H2,1-4H3. The van der Waals surface area contributed by atoms with E-state index in [-0.39, 0.29) is 24.1 Å². The van der Waals surface area contributed by atoms with Crippen LogP contribution in [0.5, 0.6) is 0 Å². The molecule has 0 saturated carbocycles. The number of benzene rings is 1. The molecule has 0 spiro atoms. The molecule has 0 N–H and O–H groups in total. The predicted octanol–water partition coefficient (Wildman–Crippen LogP) is 3.26. The fourth-order valence-electron chi connectivity index (χ4n) is 2.84. The molecule has 6 heteroatoms. The first-order chi connectivity index (χ1) is 11.8. The first kappa shape index (κ1) is 18.7. The van der Waals surface area contributed by atoms with Crippen molar-refractivity contribution in [2.24, 2.45) is 0 Å². The Bertz CT molecular complexity index is 766. The molecule has 2 rings (SSSR count). The summed E-state index contributed by atoms with van der Waals surface area (Å²) in [5, 5.41) is 0.